The Balaban J connectivity index is 2.52. The van der Waals surface area contributed by atoms with Gasteiger partial charge in [-0.2, -0.15) is 0 Å². The monoisotopic (exact) mass is 283 g/mol. The Kier molecular flexibility index (Phi) is 5.83. The third kappa shape index (κ3) is 4.91. The Morgan fingerprint density at radius 2 is 1.95 bits per heavy atom. The number of carboxylic acids is 1. The van der Waals surface area contributed by atoms with Gasteiger partial charge in [-0.1, -0.05) is 43.6 Å². The molecule has 0 aliphatic rings. The summed E-state index contributed by atoms with van der Waals surface area (Å²) in [5.41, 5.74) is 0.885. The Hall–Kier alpha value is -1.55. The maximum atomic E-state index is 11.7. The minimum atomic E-state index is -1.01. The number of amides is 1. The van der Waals surface area contributed by atoms with Crippen molar-refractivity contribution in [1.82, 2.24) is 5.32 Å². The van der Waals surface area contributed by atoms with Gasteiger partial charge >= 0.3 is 5.97 Å². The minimum Gasteiger partial charge on any atom is -0.480 e. The van der Waals surface area contributed by atoms with Crippen molar-refractivity contribution in [2.45, 2.75) is 32.7 Å². The zero-order valence-corrected chi connectivity index (χ0v) is 11.8. The molecule has 0 spiro atoms. The summed E-state index contributed by atoms with van der Waals surface area (Å²) in [6.07, 6.45) is 0.718. The average Bonchev–Trinajstić information content (AvgIpc) is 2.34. The molecular formula is C14H18ClNO3. The number of hydrogen-bond donors (Lipinski definition) is 2. The zero-order chi connectivity index (χ0) is 14.4. The number of carbonyl (C=O) groups is 2. The van der Waals surface area contributed by atoms with E-state index in [2.05, 4.69) is 5.32 Å². The van der Waals surface area contributed by atoms with Gasteiger partial charge in [0.2, 0.25) is 5.91 Å². The lowest BCUT2D eigenvalue weighted by Crippen LogP contribution is -2.44. The summed E-state index contributed by atoms with van der Waals surface area (Å²) in [7, 11) is 0. The van der Waals surface area contributed by atoms with E-state index in [-0.39, 0.29) is 18.2 Å². The predicted molar refractivity (Wildman–Crippen MR) is 74.2 cm³/mol. The third-order valence-corrected chi connectivity index (χ3v) is 3.20. The van der Waals surface area contributed by atoms with Crippen LogP contribution in [0.25, 0.3) is 0 Å². The molecule has 4 nitrogen and oxygen atoms in total. The van der Waals surface area contributed by atoms with E-state index in [4.69, 9.17) is 16.7 Å². The molecule has 1 aromatic rings. The fourth-order valence-electron chi connectivity index (χ4n) is 1.71. The molecule has 1 rings (SSSR count). The van der Waals surface area contributed by atoms with E-state index in [9.17, 15) is 9.59 Å². The number of rotatable bonds is 6. The van der Waals surface area contributed by atoms with Gasteiger partial charge in [0, 0.05) is 11.4 Å². The first-order valence-electron chi connectivity index (χ1n) is 6.17. The predicted octanol–water partition coefficient (Wildman–Crippen LogP) is 2.50. The van der Waals surface area contributed by atoms with Crippen molar-refractivity contribution >= 4 is 23.5 Å². The third-order valence-electron chi connectivity index (χ3n) is 2.83. The highest BCUT2D eigenvalue weighted by atomic mass is 35.5. The second-order valence-corrected chi connectivity index (χ2v) is 5.13. The molecule has 19 heavy (non-hydrogen) atoms. The molecule has 0 aliphatic carbocycles. The number of aryl methyl sites for hydroxylation is 1. The number of aliphatic carboxylic acids is 1. The molecule has 5 heteroatoms. The minimum absolute atomic E-state index is 0.151. The fraction of sp³-hybridized carbons (Fsp3) is 0.429. The molecule has 0 aromatic heterocycles. The molecule has 1 amide bonds. The van der Waals surface area contributed by atoms with E-state index in [1.54, 1.807) is 19.9 Å². The highest BCUT2D eigenvalue weighted by Crippen LogP contribution is 2.16. The van der Waals surface area contributed by atoms with Crippen molar-refractivity contribution < 1.29 is 14.7 Å². The van der Waals surface area contributed by atoms with Crippen LogP contribution in [0.5, 0.6) is 0 Å². The Bertz CT molecular complexity index is 460. The first-order valence-corrected chi connectivity index (χ1v) is 6.55. The van der Waals surface area contributed by atoms with E-state index in [1.165, 1.54) is 0 Å². The molecule has 0 fully saturated rings. The van der Waals surface area contributed by atoms with Crippen LogP contribution < -0.4 is 5.32 Å². The van der Waals surface area contributed by atoms with Gasteiger partial charge in [-0.15, -0.1) is 0 Å². The van der Waals surface area contributed by atoms with Gasteiger partial charge in [-0.3, -0.25) is 4.79 Å². The van der Waals surface area contributed by atoms with E-state index in [1.807, 2.05) is 18.2 Å². The Labute approximate surface area is 117 Å². The van der Waals surface area contributed by atoms with E-state index in [0.29, 0.717) is 11.4 Å². The molecule has 0 aliphatic heterocycles. The summed E-state index contributed by atoms with van der Waals surface area (Å²) in [4.78, 5) is 22.7. The second kappa shape index (κ2) is 7.14. The largest absolute Gasteiger partial charge is 0.480 e. The van der Waals surface area contributed by atoms with E-state index >= 15 is 0 Å². The second-order valence-electron chi connectivity index (χ2n) is 4.72. The molecule has 0 saturated carbocycles. The van der Waals surface area contributed by atoms with Crippen LogP contribution in [-0.2, 0) is 16.0 Å². The summed E-state index contributed by atoms with van der Waals surface area (Å²) in [6.45, 7) is 3.51. The average molecular weight is 284 g/mol. The normalized spacial score (nSPS) is 12.2. The number of carbonyl (C=O) groups excluding carboxylic acids is 1. The maximum absolute atomic E-state index is 11.7. The lowest BCUT2D eigenvalue weighted by Gasteiger charge is -2.17. The van der Waals surface area contributed by atoms with Crippen LogP contribution in [0.3, 0.4) is 0 Å². The van der Waals surface area contributed by atoms with Crippen molar-refractivity contribution in [3.05, 3.63) is 34.9 Å². The topological polar surface area (TPSA) is 66.4 Å². The van der Waals surface area contributed by atoms with E-state index in [0.717, 1.165) is 5.56 Å². The Morgan fingerprint density at radius 3 is 2.47 bits per heavy atom. The van der Waals surface area contributed by atoms with E-state index < -0.39 is 12.0 Å². The lowest BCUT2D eigenvalue weighted by molar-refractivity contribution is -0.143. The van der Waals surface area contributed by atoms with Crippen LogP contribution in [0.15, 0.2) is 24.3 Å². The zero-order valence-electron chi connectivity index (χ0n) is 11.0. The van der Waals surface area contributed by atoms with Gasteiger partial charge < -0.3 is 10.4 Å². The van der Waals surface area contributed by atoms with Gasteiger partial charge in [-0.25, -0.2) is 4.79 Å². The summed E-state index contributed by atoms with van der Waals surface area (Å²) >= 11 is 5.99. The maximum Gasteiger partial charge on any atom is 0.326 e. The molecule has 1 atom stereocenters. The highest BCUT2D eigenvalue weighted by molar-refractivity contribution is 6.31. The SMILES string of the molecule is CC(C)[C@H](NC(=O)CCc1ccccc1Cl)C(=O)O. The van der Waals surface area contributed by atoms with Crippen LogP contribution in [0, 0.1) is 5.92 Å². The highest BCUT2D eigenvalue weighted by Gasteiger charge is 2.23. The quantitative estimate of drug-likeness (QED) is 0.843. The molecule has 2 N–H and O–H groups in total. The number of halogens is 1. The molecule has 0 radical (unpaired) electrons. The lowest BCUT2D eigenvalue weighted by atomic mass is 10.0. The Morgan fingerprint density at radius 1 is 1.32 bits per heavy atom. The van der Waals surface area contributed by atoms with Crippen LogP contribution in [0.1, 0.15) is 25.8 Å². The number of carboxylic acid groups (broad SMARTS) is 1. The first-order chi connectivity index (χ1) is 8.91. The van der Waals surface area contributed by atoms with Crippen LogP contribution in [0.4, 0.5) is 0 Å². The van der Waals surface area contributed by atoms with Crippen molar-refractivity contribution in [2.75, 3.05) is 0 Å². The van der Waals surface area contributed by atoms with Gasteiger partial charge in [0.1, 0.15) is 6.04 Å². The van der Waals surface area contributed by atoms with Gasteiger partial charge in [0.05, 0.1) is 0 Å². The van der Waals surface area contributed by atoms with Crippen molar-refractivity contribution in [1.29, 1.82) is 0 Å². The fourth-order valence-corrected chi connectivity index (χ4v) is 1.94. The number of hydrogen-bond acceptors (Lipinski definition) is 2. The summed E-state index contributed by atoms with van der Waals surface area (Å²) in [5.74, 6) is -1.44. The van der Waals surface area contributed by atoms with Crippen LogP contribution in [0.2, 0.25) is 5.02 Å². The number of nitrogens with one attached hydrogen (secondary N) is 1. The van der Waals surface area contributed by atoms with Crippen LogP contribution >= 0.6 is 11.6 Å². The molecule has 0 heterocycles. The summed E-state index contributed by atoms with van der Waals surface area (Å²) in [6, 6.07) is 6.45. The van der Waals surface area contributed by atoms with Gasteiger partial charge in [-0.05, 0) is 24.0 Å². The summed E-state index contributed by atoms with van der Waals surface area (Å²) in [5, 5.41) is 12.1. The van der Waals surface area contributed by atoms with Crippen LogP contribution in [-0.4, -0.2) is 23.0 Å². The molecule has 1 aromatic carbocycles. The number of benzene rings is 1. The standard InChI is InChI=1S/C14H18ClNO3/c1-9(2)13(14(18)19)16-12(17)8-7-10-5-3-4-6-11(10)15/h3-6,9,13H,7-8H2,1-2H3,(H,16,17)(H,18,19)/t13-/m0/s1. The molecule has 0 bridgehead atoms. The van der Waals surface area contributed by atoms with Gasteiger partial charge in [0.25, 0.3) is 0 Å². The summed E-state index contributed by atoms with van der Waals surface area (Å²) < 4.78 is 0. The smallest absolute Gasteiger partial charge is 0.326 e. The molecular weight excluding hydrogens is 266 g/mol. The van der Waals surface area contributed by atoms with Crippen molar-refractivity contribution in [3.63, 3.8) is 0 Å². The van der Waals surface area contributed by atoms with Crippen molar-refractivity contribution in [2.24, 2.45) is 5.92 Å². The molecule has 0 unspecified atom stereocenters. The van der Waals surface area contributed by atoms with Gasteiger partial charge in [0.15, 0.2) is 0 Å². The van der Waals surface area contributed by atoms with Crippen molar-refractivity contribution in [3.8, 4) is 0 Å². The first kappa shape index (κ1) is 15.5. The molecule has 0 saturated heterocycles. The molecule has 104 valence electrons.